The molecule has 0 unspecified atom stereocenters. The summed E-state index contributed by atoms with van der Waals surface area (Å²) < 4.78 is 4.87. The van der Waals surface area contributed by atoms with Crippen LogP contribution in [0.3, 0.4) is 0 Å². The van der Waals surface area contributed by atoms with E-state index < -0.39 is 29.3 Å². The summed E-state index contributed by atoms with van der Waals surface area (Å²) in [6.07, 6.45) is 0.179. The minimum Gasteiger partial charge on any atom is -0.477 e. The lowest BCUT2D eigenvalue weighted by molar-refractivity contribution is -0.151. The van der Waals surface area contributed by atoms with Crippen molar-refractivity contribution < 1.29 is 29.0 Å². The van der Waals surface area contributed by atoms with Gasteiger partial charge in [-0.2, -0.15) is 0 Å². The minimum absolute atomic E-state index is 0.163. The van der Waals surface area contributed by atoms with Gasteiger partial charge >= 0.3 is 11.9 Å². The summed E-state index contributed by atoms with van der Waals surface area (Å²) in [6, 6.07) is 23.9. The molecule has 0 radical (unpaired) electrons. The number of thioether (sulfide) groups is 1. The smallest absolute Gasteiger partial charge is 0.352 e. The fourth-order valence-corrected chi connectivity index (χ4v) is 6.64. The molecule has 0 bridgehead atoms. The van der Waals surface area contributed by atoms with E-state index in [9.17, 15) is 24.3 Å². The average molecular weight is 637 g/mol. The van der Waals surface area contributed by atoms with Gasteiger partial charge < -0.3 is 25.8 Å². The molecule has 2 atom stereocenters. The zero-order valence-corrected chi connectivity index (χ0v) is 26.0. The van der Waals surface area contributed by atoms with Crippen LogP contribution in [-0.2, 0) is 43.4 Å². The number of β-lactam (4-membered cyclic amide) rings is 1. The van der Waals surface area contributed by atoms with Gasteiger partial charge in [0, 0.05) is 49.3 Å². The van der Waals surface area contributed by atoms with Gasteiger partial charge in [0.2, 0.25) is 5.91 Å². The molecule has 0 aliphatic carbocycles. The highest BCUT2D eigenvalue weighted by atomic mass is 32.2. The van der Waals surface area contributed by atoms with Crippen molar-refractivity contribution in [3.05, 3.63) is 105 Å². The fourth-order valence-electron chi connectivity index (χ4n) is 4.61. The van der Waals surface area contributed by atoms with Gasteiger partial charge in [-0.25, -0.2) is 4.79 Å². The second-order valence-corrected chi connectivity index (χ2v) is 12.2. The Bertz CT molecular complexity index is 1390. The van der Waals surface area contributed by atoms with E-state index in [0.29, 0.717) is 11.3 Å². The van der Waals surface area contributed by atoms with Crippen molar-refractivity contribution in [3.8, 4) is 0 Å². The fraction of sp³-hybridized carbons (Fsp3) is 0.312. The number of nitrogens with zero attached hydrogens (tertiary/aromatic N) is 1. The quantitative estimate of drug-likeness (QED) is 0.127. The van der Waals surface area contributed by atoms with E-state index in [-0.39, 0.29) is 24.6 Å². The highest BCUT2D eigenvalue weighted by molar-refractivity contribution is 8.00. The Kier molecular flexibility index (Phi) is 12.5. The zero-order valence-electron chi connectivity index (χ0n) is 24.4. The molecule has 10 nitrogen and oxygen atoms in total. The molecule has 1 fully saturated rings. The summed E-state index contributed by atoms with van der Waals surface area (Å²) in [7, 11) is 0. The number of carbonyl (C=O) groups is 4. The zero-order chi connectivity index (χ0) is 31.3. The molecule has 232 valence electrons. The third kappa shape index (κ3) is 9.52. The Labute approximate surface area is 264 Å². The molecule has 44 heavy (non-hydrogen) atoms. The predicted molar refractivity (Wildman–Crippen MR) is 171 cm³/mol. The van der Waals surface area contributed by atoms with Crippen molar-refractivity contribution in [2.45, 2.75) is 37.8 Å². The lowest BCUT2D eigenvalue weighted by atomic mass is 10.0. The first-order chi connectivity index (χ1) is 21.3. The second-order valence-electron chi connectivity index (χ2n) is 10.1. The predicted octanol–water partition coefficient (Wildman–Crippen LogP) is 3.16. The number of carboxylic acids is 1. The molecular formula is C32H36N4O6S2. The number of hydrogen-bond acceptors (Lipinski definition) is 9. The molecule has 5 rings (SSSR count). The third-order valence-corrected chi connectivity index (χ3v) is 8.97. The van der Waals surface area contributed by atoms with E-state index in [1.807, 2.05) is 29.6 Å². The monoisotopic (exact) mass is 636 g/mol. The van der Waals surface area contributed by atoms with Crippen molar-refractivity contribution in [2.75, 3.05) is 25.4 Å². The van der Waals surface area contributed by atoms with E-state index in [4.69, 9.17) is 4.74 Å². The normalized spacial score (nSPS) is 17.1. The number of thiophene rings is 1. The van der Waals surface area contributed by atoms with Crippen LogP contribution in [0, 0.1) is 0 Å². The van der Waals surface area contributed by atoms with Crippen molar-refractivity contribution in [1.29, 1.82) is 0 Å². The van der Waals surface area contributed by atoms with E-state index in [0.717, 1.165) is 36.0 Å². The topological polar surface area (TPSA) is 137 Å². The number of ether oxygens (including phenoxy) is 1. The number of rotatable bonds is 13. The number of carboxylic acid groups (broad SMARTS) is 1. The van der Waals surface area contributed by atoms with Crippen LogP contribution in [0.1, 0.15) is 22.9 Å². The van der Waals surface area contributed by atoms with Crippen LogP contribution in [-0.4, -0.2) is 70.6 Å². The maximum Gasteiger partial charge on any atom is 0.352 e. The second kappa shape index (κ2) is 16.8. The van der Waals surface area contributed by atoms with Crippen molar-refractivity contribution in [3.63, 3.8) is 0 Å². The van der Waals surface area contributed by atoms with Gasteiger partial charge in [0.1, 0.15) is 23.7 Å². The SMILES string of the molecule is CC(=O)OCC1=C(C(=O)O)N2C(=O)[C@@H](NC(=O)Cc3cccs3)[C@H]2SC1.c1ccc(CNCCNCc2ccccc2)cc1. The Morgan fingerprint density at radius 3 is 2.07 bits per heavy atom. The van der Waals surface area contributed by atoms with Crippen LogP contribution >= 0.6 is 23.1 Å². The highest BCUT2D eigenvalue weighted by Crippen LogP contribution is 2.40. The third-order valence-electron chi connectivity index (χ3n) is 6.75. The first kappa shape index (κ1) is 32.9. The molecule has 4 N–H and O–H groups in total. The van der Waals surface area contributed by atoms with Gasteiger partial charge in [0.15, 0.2) is 0 Å². The molecule has 1 saturated heterocycles. The van der Waals surface area contributed by atoms with Crippen molar-refractivity contribution >= 4 is 46.9 Å². The van der Waals surface area contributed by atoms with Gasteiger partial charge in [0.05, 0.1) is 6.42 Å². The molecular weight excluding hydrogens is 601 g/mol. The van der Waals surface area contributed by atoms with E-state index >= 15 is 0 Å². The molecule has 3 heterocycles. The van der Waals surface area contributed by atoms with Gasteiger partial charge in [-0.05, 0) is 22.6 Å². The molecule has 2 aromatic carbocycles. The average Bonchev–Trinajstić information content (AvgIpc) is 3.54. The summed E-state index contributed by atoms with van der Waals surface area (Å²) in [4.78, 5) is 49.2. The minimum atomic E-state index is -1.26. The number of carbonyl (C=O) groups excluding carboxylic acids is 3. The number of esters is 1. The van der Waals surface area contributed by atoms with Crippen LogP contribution in [0.5, 0.6) is 0 Å². The Morgan fingerprint density at radius 2 is 1.55 bits per heavy atom. The van der Waals surface area contributed by atoms with Crippen LogP contribution in [0.15, 0.2) is 89.4 Å². The highest BCUT2D eigenvalue weighted by Gasteiger charge is 2.54. The molecule has 2 aliphatic heterocycles. The number of amides is 2. The molecule has 12 heteroatoms. The van der Waals surface area contributed by atoms with Crippen molar-refractivity contribution in [1.82, 2.24) is 20.9 Å². The number of fused-ring (bicyclic) bond motifs is 1. The first-order valence-electron chi connectivity index (χ1n) is 14.2. The molecule has 0 saturated carbocycles. The van der Waals surface area contributed by atoms with Gasteiger partial charge in [0.25, 0.3) is 5.91 Å². The molecule has 2 amide bonds. The van der Waals surface area contributed by atoms with E-state index in [2.05, 4.69) is 64.5 Å². The van der Waals surface area contributed by atoms with Crippen LogP contribution in [0.25, 0.3) is 0 Å². The van der Waals surface area contributed by atoms with E-state index in [1.54, 1.807) is 0 Å². The van der Waals surface area contributed by atoms with E-state index in [1.165, 1.54) is 41.1 Å². The Hall–Kier alpha value is -3.97. The summed E-state index contributed by atoms with van der Waals surface area (Å²) in [5.74, 6) is -2.23. The van der Waals surface area contributed by atoms with Crippen LogP contribution in [0.2, 0.25) is 0 Å². The molecule has 2 aliphatic rings. The van der Waals surface area contributed by atoms with Crippen LogP contribution < -0.4 is 16.0 Å². The summed E-state index contributed by atoms with van der Waals surface area (Å²) in [5, 5.41) is 20.4. The summed E-state index contributed by atoms with van der Waals surface area (Å²) >= 11 is 2.79. The first-order valence-corrected chi connectivity index (χ1v) is 16.1. The lowest BCUT2D eigenvalue weighted by Crippen LogP contribution is -2.70. The van der Waals surface area contributed by atoms with Gasteiger partial charge in [-0.1, -0.05) is 66.7 Å². The lowest BCUT2D eigenvalue weighted by Gasteiger charge is -2.49. The van der Waals surface area contributed by atoms with Gasteiger partial charge in [-0.3, -0.25) is 19.3 Å². The van der Waals surface area contributed by atoms with Gasteiger partial charge in [-0.15, -0.1) is 23.1 Å². The largest absolute Gasteiger partial charge is 0.477 e. The molecule has 3 aromatic rings. The maximum atomic E-state index is 12.4. The Morgan fingerprint density at radius 1 is 0.932 bits per heavy atom. The summed E-state index contributed by atoms with van der Waals surface area (Å²) in [6.45, 7) is 4.91. The molecule has 0 spiro atoms. The number of hydrogen-bond donors (Lipinski definition) is 4. The summed E-state index contributed by atoms with van der Waals surface area (Å²) in [5.41, 5.74) is 2.87. The maximum absolute atomic E-state index is 12.4. The number of benzene rings is 2. The number of aliphatic carboxylic acids is 1. The molecule has 1 aromatic heterocycles. The Balaban J connectivity index is 0.000000215. The van der Waals surface area contributed by atoms with Crippen LogP contribution in [0.4, 0.5) is 0 Å². The van der Waals surface area contributed by atoms with Crippen molar-refractivity contribution in [2.24, 2.45) is 0 Å². The number of nitrogens with one attached hydrogen (secondary N) is 3. The standard InChI is InChI=1S/C16H16N2O6S2.C16H20N2/c1-8(19)24-6-9-7-26-15-12(14(21)18(15)13(9)16(22)23)17-11(20)5-10-3-2-4-25-10;1-3-7-15(8-4-1)13-17-11-12-18-14-16-9-5-2-6-10-16/h2-4,12,15H,5-7H2,1H3,(H,17,20)(H,22,23);1-10,17-18H,11-14H2/t12-,15-;/m1./s1.